The number of anilines is 1. The van der Waals surface area contributed by atoms with Gasteiger partial charge in [0, 0.05) is 12.7 Å². The largest absolute Gasteiger partial charge is 0.354 e. The summed E-state index contributed by atoms with van der Waals surface area (Å²) in [6, 6.07) is 1.80. The van der Waals surface area contributed by atoms with Gasteiger partial charge in [0.2, 0.25) is 5.95 Å². The molecule has 1 N–H and O–H groups in total. The Morgan fingerprint density at radius 1 is 1.41 bits per heavy atom. The third-order valence-electron chi connectivity index (χ3n) is 1.80. The SMILES string of the molecule is CCNc1ncc(Cl)c(Sc2ccncn2)n1. The molecule has 2 aromatic heterocycles. The van der Waals surface area contributed by atoms with Crippen LogP contribution < -0.4 is 5.32 Å². The van der Waals surface area contributed by atoms with Gasteiger partial charge in [0.1, 0.15) is 16.4 Å². The topological polar surface area (TPSA) is 63.6 Å². The fourth-order valence-electron chi connectivity index (χ4n) is 1.10. The molecule has 5 nitrogen and oxygen atoms in total. The predicted octanol–water partition coefficient (Wildman–Crippen LogP) is 2.50. The summed E-state index contributed by atoms with van der Waals surface area (Å²) in [5.74, 6) is 0.563. The summed E-state index contributed by atoms with van der Waals surface area (Å²) in [7, 11) is 0. The normalized spacial score (nSPS) is 10.2. The summed E-state index contributed by atoms with van der Waals surface area (Å²) in [6.45, 7) is 2.74. The Kier molecular flexibility index (Phi) is 4.11. The Morgan fingerprint density at radius 2 is 2.29 bits per heavy atom. The van der Waals surface area contributed by atoms with E-state index in [0.717, 1.165) is 11.6 Å². The average Bonchev–Trinajstić information content (AvgIpc) is 2.35. The molecule has 2 heterocycles. The van der Waals surface area contributed by atoms with Crippen molar-refractivity contribution < 1.29 is 0 Å². The van der Waals surface area contributed by atoms with Gasteiger partial charge in [0.15, 0.2) is 0 Å². The van der Waals surface area contributed by atoms with Gasteiger partial charge < -0.3 is 5.32 Å². The molecule has 0 aliphatic heterocycles. The van der Waals surface area contributed by atoms with Crippen LogP contribution in [0.15, 0.2) is 34.8 Å². The van der Waals surface area contributed by atoms with E-state index in [-0.39, 0.29) is 0 Å². The lowest BCUT2D eigenvalue weighted by molar-refractivity contribution is 1.00. The number of hydrogen-bond acceptors (Lipinski definition) is 6. The molecular weight excluding hydrogens is 258 g/mol. The van der Waals surface area contributed by atoms with Crippen LogP contribution in [0.4, 0.5) is 5.95 Å². The van der Waals surface area contributed by atoms with Crippen LogP contribution in [0.2, 0.25) is 5.02 Å². The Balaban J connectivity index is 2.22. The highest BCUT2D eigenvalue weighted by atomic mass is 35.5. The van der Waals surface area contributed by atoms with Gasteiger partial charge in [0.25, 0.3) is 0 Å². The first-order valence-corrected chi connectivity index (χ1v) is 6.19. The molecule has 0 amide bonds. The molecule has 0 radical (unpaired) electrons. The molecule has 0 bridgehead atoms. The van der Waals surface area contributed by atoms with Crippen molar-refractivity contribution in [3.05, 3.63) is 29.8 Å². The predicted molar refractivity (Wildman–Crippen MR) is 67.4 cm³/mol. The third-order valence-corrected chi connectivity index (χ3v) is 3.15. The molecule has 0 saturated carbocycles. The Hall–Kier alpha value is -1.40. The minimum absolute atomic E-state index is 0.510. The van der Waals surface area contributed by atoms with Crippen molar-refractivity contribution in [1.82, 2.24) is 19.9 Å². The van der Waals surface area contributed by atoms with Crippen molar-refractivity contribution >= 4 is 29.3 Å². The molecule has 0 spiro atoms. The zero-order valence-electron chi connectivity index (χ0n) is 9.09. The van der Waals surface area contributed by atoms with E-state index in [1.54, 1.807) is 18.5 Å². The monoisotopic (exact) mass is 267 g/mol. The van der Waals surface area contributed by atoms with Crippen LogP contribution in [0, 0.1) is 0 Å². The smallest absolute Gasteiger partial charge is 0.223 e. The number of rotatable bonds is 4. The quantitative estimate of drug-likeness (QED) is 0.859. The lowest BCUT2D eigenvalue weighted by Crippen LogP contribution is -2.02. The zero-order valence-corrected chi connectivity index (χ0v) is 10.7. The minimum Gasteiger partial charge on any atom is -0.354 e. The molecule has 0 saturated heterocycles. The Labute approximate surface area is 108 Å². The lowest BCUT2D eigenvalue weighted by atomic mass is 10.6. The van der Waals surface area contributed by atoms with E-state index >= 15 is 0 Å². The zero-order chi connectivity index (χ0) is 12.1. The second kappa shape index (κ2) is 5.79. The molecule has 0 aliphatic rings. The van der Waals surface area contributed by atoms with Crippen molar-refractivity contribution in [1.29, 1.82) is 0 Å². The van der Waals surface area contributed by atoms with E-state index in [2.05, 4.69) is 25.3 Å². The molecule has 88 valence electrons. The second-order valence-corrected chi connectivity index (χ2v) is 4.44. The summed E-state index contributed by atoms with van der Waals surface area (Å²) < 4.78 is 0. The molecule has 7 heteroatoms. The van der Waals surface area contributed by atoms with Gasteiger partial charge in [-0.2, -0.15) is 0 Å². The van der Waals surface area contributed by atoms with Gasteiger partial charge in [0.05, 0.1) is 11.2 Å². The molecule has 0 aliphatic carbocycles. The number of hydrogen-bond donors (Lipinski definition) is 1. The van der Waals surface area contributed by atoms with Gasteiger partial charge >= 0.3 is 0 Å². The second-order valence-electron chi connectivity index (χ2n) is 3.03. The van der Waals surface area contributed by atoms with Gasteiger partial charge in [-0.3, -0.25) is 0 Å². The van der Waals surface area contributed by atoms with Gasteiger partial charge in [-0.25, -0.2) is 19.9 Å². The van der Waals surface area contributed by atoms with E-state index < -0.39 is 0 Å². The van der Waals surface area contributed by atoms with Gasteiger partial charge in [-0.15, -0.1) is 0 Å². The third kappa shape index (κ3) is 3.28. The molecule has 0 unspecified atom stereocenters. The highest BCUT2D eigenvalue weighted by molar-refractivity contribution is 7.99. The number of aromatic nitrogens is 4. The summed E-state index contributed by atoms with van der Waals surface area (Å²) in [4.78, 5) is 16.3. The van der Waals surface area contributed by atoms with Crippen LogP contribution in [-0.2, 0) is 0 Å². The minimum atomic E-state index is 0.510. The lowest BCUT2D eigenvalue weighted by Gasteiger charge is -2.05. The summed E-state index contributed by atoms with van der Waals surface area (Å²) in [5.41, 5.74) is 0. The number of halogens is 1. The van der Waals surface area contributed by atoms with Crippen LogP contribution in [0.3, 0.4) is 0 Å². The first-order valence-electron chi connectivity index (χ1n) is 5.00. The fourth-order valence-corrected chi connectivity index (χ4v) is 2.02. The van der Waals surface area contributed by atoms with E-state index in [4.69, 9.17) is 11.6 Å². The maximum Gasteiger partial charge on any atom is 0.223 e. The van der Waals surface area contributed by atoms with Crippen LogP contribution in [0.25, 0.3) is 0 Å². The Bertz CT molecular complexity index is 493. The van der Waals surface area contributed by atoms with Crippen molar-refractivity contribution in [2.24, 2.45) is 0 Å². The maximum absolute atomic E-state index is 6.03. The van der Waals surface area contributed by atoms with Crippen LogP contribution in [0.1, 0.15) is 6.92 Å². The Morgan fingerprint density at radius 3 is 3.00 bits per heavy atom. The van der Waals surface area contributed by atoms with E-state index in [0.29, 0.717) is 16.0 Å². The molecule has 0 fully saturated rings. The molecule has 0 aromatic carbocycles. The highest BCUT2D eigenvalue weighted by Gasteiger charge is 2.07. The maximum atomic E-state index is 6.03. The van der Waals surface area contributed by atoms with E-state index in [1.807, 2.05) is 6.92 Å². The summed E-state index contributed by atoms with van der Waals surface area (Å²) in [6.07, 6.45) is 4.74. The van der Waals surface area contributed by atoms with Crippen LogP contribution >= 0.6 is 23.4 Å². The van der Waals surface area contributed by atoms with Crippen molar-refractivity contribution in [3.63, 3.8) is 0 Å². The summed E-state index contributed by atoms with van der Waals surface area (Å²) in [5, 5.41) is 5.02. The molecule has 2 rings (SSSR count). The van der Waals surface area contributed by atoms with E-state index in [1.165, 1.54) is 18.1 Å². The van der Waals surface area contributed by atoms with Crippen molar-refractivity contribution in [2.75, 3.05) is 11.9 Å². The average molecular weight is 268 g/mol. The van der Waals surface area contributed by atoms with Crippen molar-refractivity contribution in [3.8, 4) is 0 Å². The van der Waals surface area contributed by atoms with Crippen LogP contribution in [0.5, 0.6) is 0 Å². The molecule has 17 heavy (non-hydrogen) atoms. The van der Waals surface area contributed by atoms with Crippen LogP contribution in [-0.4, -0.2) is 26.5 Å². The standard InChI is InChI=1S/C10H10ClN5S/c1-2-13-10-14-5-7(11)9(16-10)17-8-3-4-12-6-15-8/h3-6H,2H2,1H3,(H,13,14,16). The molecular formula is C10H10ClN5S. The van der Waals surface area contributed by atoms with Crippen molar-refractivity contribution in [2.45, 2.75) is 17.0 Å². The van der Waals surface area contributed by atoms with Gasteiger partial charge in [-0.1, -0.05) is 11.6 Å². The van der Waals surface area contributed by atoms with E-state index in [9.17, 15) is 0 Å². The van der Waals surface area contributed by atoms with Gasteiger partial charge in [-0.05, 0) is 24.8 Å². The number of nitrogens with zero attached hydrogens (tertiary/aromatic N) is 4. The first kappa shape index (κ1) is 12.1. The highest BCUT2D eigenvalue weighted by Crippen LogP contribution is 2.30. The first-order chi connectivity index (χ1) is 8.29. The summed E-state index contributed by atoms with van der Waals surface area (Å²) >= 11 is 7.41. The number of nitrogens with one attached hydrogen (secondary N) is 1. The molecule has 2 aromatic rings. The molecule has 0 atom stereocenters. The fraction of sp³-hybridized carbons (Fsp3) is 0.200.